The van der Waals surface area contributed by atoms with Gasteiger partial charge in [0.05, 0.1) is 5.52 Å². The van der Waals surface area contributed by atoms with Crippen molar-refractivity contribution in [1.82, 2.24) is 9.38 Å². The molecule has 1 fully saturated rings. The van der Waals surface area contributed by atoms with Crippen molar-refractivity contribution < 1.29 is 4.74 Å². The Bertz CT molecular complexity index is 546. The maximum absolute atomic E-state index is 6.15. The topological polar surface area (TPSA) is 52.5 Å². The molecular formula is C12H14ClN3O. The van der Waals surface area contributed by atoms with Crippen molar-refractivity contribution in [2.75, 3.05) is 18.9 Å². The maximum Gasteiger partial charge on any atom is 0.155 e. The summed E-state index contributed by atoms with van der Waals surface area (Å²) in [6, 6.07) is 5.70. The Morgan fingerprint density at radius 1 is 1.35 bits per heavy atom. The number of hydrogen-bond donors (Lipinski definition) is 1. The van der Waals surface area contributed by atoms with E-state index in [1.54, 1.807) is 0 Å². The Balaban J connectivity index is 2.15. The van der Waals surface area contributed by atoms with Gasteiger partial charge < -0.3 is 10.5 Å². The molecule has 3 rings (SSSR count). The van der Waals surface area contributed by atoms with E-state index >= 15 is 0 Å². The van der Waals surface area contributed by atoms with Crippen LogP contribution in [0.25, 0.3) is 5.52 Å². The van der Waals surface area contributed by atoms with Crippen molar-refractivity contribution in [1.29, 1.82) is 0 Å². The molecule has 0 atom stereocenters. The highest BCUT2D eigenvalue weighted by Gasteiger charge is 2.22. The van der Waals surface area contributed by atoms with Crippen LogP contribution in [-0.4, -0.2) is 22.6 Å². The number of anilines is 1. The summed E-state index contributed by atoms with van der Waals surface area (Å²) in [6.07, 6.45) is 1.95. The number of halogens is 1. The number of nitrogen functional groups attached to an aromatic ring is 1. The summed E-state index contributed by atoms with van der Waals surface area (Å²) < 4.78 is 7.33. The van der Waals surface area contributed by atoms with Crippen LogP contribution in [0.3, 0.4) is 0 Å². The Morgan fingerprint density at radius 2 is 2.12 bits per heavy atom. The van der Waals surface area contributed by atoms with Crippen molar-refractivity contribution in [2.24, 2.45) is 0 Å². The van der Waals surface area contributed by atoms with Gasteiger partial charge in [-0.1, -0.05) is 17.7 Å². The van der Waals surface area contributed by atoms with Crippen LogP contribution in [0, 0.1) is 0 Å². The Morgan fingerprint density at radius 3 is 2.88 bits per heavy atom. The van der Waals surface area contributed by atoms with Crippen LogP contribution in [-0.2, 0) is 4.74 Å². The number of hydrogen-bond acceptors (Lipinski definition) is 3. The molecule has 90 valence electrons. The molecule has 0 saturated carbocycles. The lowest BCUT2D eigenvalue weighted by molar-refractivity contribution is 0.0835. The van der Waals surface area contributed by atoms with E-state index in [9.17, 15) is 0 Å². The molecule has 2 aromatic heterocycles. The lowest BCUT2D eigenvalue weighted by Gasteiger charge is -2.21. The van der Waals surface area contributed by atoms with Gasteiger partial charge in [0.1, 0.15) is 11.6 Å². The second-order valence-electron chi connectivity index (χ2n) is 4.32. The number of nitrogens with zero attached hydrogens (tertiary/aromatic N) is 2. The summed E-state index contributed by atoms with van der Waals surface area (Å²) in [7, 11) is 0. The first kappa shape index (κ1) is 10.9. The third-order valence-electron chi connectivity index (χ3n) is 3.26. The largest absolute Gasteiger partial charge is 0.385 e. The number of imidazole rings is 1. The maximum atomic E-state index is 6.15. The average Bonchev–Trinajstić information content (AvgIpc) is 2.70. The second kappa shape index (κ2) is 4.20. The van der Waals surface area contributed by atoms with Crippen LogP contribution in [0.1, 0.15) is 24.6 Å². The fourth-order valence-corrected chi connectivity index (χ4v) is 2.61. The van der Waals surface area contributed by atoms with E-state index in [1.165, 1.54) is 0 Å². The summed E-state index contributed by atoms with van der Waals surface area (Å²) >= 11 is 6.15. The zero-order valence-corrected chi connectivity index (χ0v) is 10.2. The number of ether oxygens (including phenoxy) is 1. The number of aromatic nitrogens is 2. The van der Waals surface area contributed by atoms with Crippen molar-refractivity contribution in [3.8, 4) is 0 Å². The first-order chi connectivity index (χ1) is 8.27. The SMILES string of the molecule is Nc1cccc2c(Cl)nc(C3CCOCC3)n12. The standard InChI is InChI=1S/C12H14ClN3O/c13-11-9-2-1-3-10(14)16(9)12(15-11)8-4-6-17-7-5-8/h1-3,8H,4-7,14H2. The summed E-state index contributed by atoms with van der Waals surface area (Å²) in [5.74, 6) is 2.03. The molecule has 0 aliphatic carbocycles. The van der Waals surface area contributed by atoms with E-state index in [4.69, 9.17) is 22.1 Å². The normalized spacial score (nSPS) is 17.7. The van der Waals surface area contributed by atoms with Crippen LogP contribution >= 0.6 is 11.6 Å². The van der Waals surface area contributed by atoms with E-state index in [0.717, 1.165) is 37.4 Å². The zero-order chi connectivity index (χ0) is 11.8. The number of rotatable bonds is 1. The smallest absolute Gasteiger partial charge is 0.155 e. The first-order valence-electron chi connectivity index (χ1n) is 5.77. The lowest BCUT2D eigenvalue weighted by Crippen LogP contribution is -2.17. The second-order valence-corrected chi connectivity index (χ2v) is 4.68. The van der Waals surface area contributed by atoms with Gasteiger partial charge in [-0.3, -0.25) is 4.40 Å². The molecule has 0 bridgehead atoms. The van der Waals surface area contributed by atoms with Crippen molar-refractivity contribution in [2.45, 2.75) is 18.8 Å². The molecule has 0 spiro atoms. The quantitative estimate of drug-likeness (QED) is 0.847. The van der Waals surface area contributed by atoms with Crippen molar-refractivity contribution in [3.63, 3.8) is 0 Å². The van der Waals surface area contributed by atoms with Crippen LogP contribution in [0.15, 0.2) is 18.2 Å². The molecule has 2 N–H and O–H groups in total. The predicted octanol–water partition coefficient (Wildman–Crippen LogP) is 2.46. The molecule has 0 unspecified atom stereocenters. The molecular weight excluding hydrogens is 238 g/mol. The average molecular weight is 252 g/mol. The number of pyridine rings is 1. The minimum absolute atomic E-state index is 0.383. The molecule has 2 aromatic rings. The van der Waals surface area contributed by atoms with Crippen molar-refractivity contribution >= 4 is 22.9 Å². The zero-order valence-electron chi connectivity index (χ0n) is 9.40. The molecule has 0 aromatic carbocycles. The Labute approximate surface area is 104 Å². The molecule has 1 saturated heterocycles. The summed E-state index contributed by atoms with van der Waals surface area (Å²) in [5, 5.41) is 0.527. The Kier molecular flexibility index (Phi) is 2.68. The van der Waals surface area contributed by atoms with E-state index < -0.39 is 0 Å². The van der Waals surface area contributed by atoms with Crippen LogP contribution in [0.5, 0.6) is 0 Å². The molecule has 4 nitrogen and oxygen atoms in total. The fourth-order valence-electron chi connectivity index (χ4n) is 2.38. The summed E-state index contributed by atoms with van der Waals surface area (Å²) in [5.41, 5.74) is 6.89. The Hall–Kier alpha value is -1.26. The molecule has 3 heterocycles. The fraction of sp³-hybridized carbons (Fsp3) is 0.417. The van der Waals surface area contributed by atoms with E-state index in [1.807, 2.05) is 22.6 Å². The third kappa shape index (κ3) is 1.77. The highest BCUT2D eigenvalue weighted by atomic mass is 35.5. The minimum atomic E-state index is 0.383. The third-order valence-corrected chi connectivity index (χ3v) is 3.54. The monoisotopic (exact) mass is 251 g/mol. The van der Waals surface area contributed by atoms with Gasteiger partial charge in [0.2, 0.25) is 0 Å². The number of fused-ring (bicyclic) bond motifs is 1. The minimum Gasteiger partial charge on any atom is -0.385 e. The molecule has 1 aliphatic rings. The molecule has 1 aliphatic heterocycles. The van der Waals surface area contributed by atoms with Gasteiger partial charge in [-0.15, -0.1) is 0 Å². The summed E-state index contributed by atoms with van der Waals surface area (Å²) in [4.78, 5) is 4.47. The van der Waals surface area contributed by atoms with Gasteiger partial charge >= 0.3 is 0 Å². The molecule has 0 amide bonds. The first-order valence-corrected chi connectivity index (χ1v) is 6.15. The lowest BCUT2D eigenvalue weighted by atomic mass is 9.99. The van der Waals surface area contributed by atoms with E-state index in [-0.39, 0.29) is 0 Å². The van der Waals surface area contributed by atoms with E-state index in [2.05, 4.69) is 4.98 Å². The number of nitrogens with two attached hydrogens (primary N) is 1. The van der Waals surface area contributed by atoms with Crippen LogP contribution in [0.4, 0.5) is 5.82 Å². The van der Waals surface area contributed by atoms with E-state index in [0.29, 0.717) is 16.9 Å². The van der Waals surface area contributed by atoms with Crippen LogP contribution < -0.4 is 5.73 Å². The van der Waals surface area contributed by atoms with Gasteiger partial charge in [0.15, 0.2) is 5.15 Å². The van der Waals surface area contributed by atoms with Gasteiger partial charge in [-0.25, -0.2) is 4.98 Å². The summed E-state index contributed by atoms with van der Waals surface area (Å²) in [6.45, 7) is 1.56. The predicted molar refractivity (Wildman–Crippen MR) is 67.4 cm³/mol. The molecule has 0 radical (unpaired) electrons. The van der Waals surface area contributed by atoms with Gasteiger partial charge in [-0.05, 0) is 25.0 Å². The van der Waals surface area contributed by atoms with Gasteiger partial charge in [0, 0.05) is 19.1 Å². The highest BCUT2D eigenvalue weighted by Crippen LogP contribution is 2.31. The molecule has 5 heteroatoms. The molecule has 17 heavy (non-hydrogen) atoms. The van der Waals surface area contributed by atoms with Crippen LogP contribution in [0.2, 0.25) is 5.15 Å². The highest BCUT2D eigenvalue weighted by molar-refractivity contribution is 6.32. The van der Waals surface area contributed by atoms with Gasteiger partial charge in [0.25, 0.3) is 0 Å². The van der Waals surface area contributed by atoms with Gasteiger partial charge in [-0.2, -0.15) is 0 Å². The van der Waals surface area contributed by atoms with Crippen molar-refractivity contribution in [3.05, 3.63) is 29.2 Å².